The molecule has 1 atom stereocenters. The van der Waals surface area contributed by atoms with Crippen molar-refractivity contribution in [3.8, 4) is 0 Å². The number of nitrogens with one attached hydrogen (secondary N) is 1. The monoisotopic (exact) mass is 249 g/mol. The van der Waals surface area contributed by atoms with Crippen LogP contribution in [-0.2, 0) is 20.7 Å². The highest BCUT2D eigenvalue weighted by atomic mass is 16.5. The van der Waals surface area contributed by atoms with Crippen molar-refractivity contribution in [2.75, 3.05) is 6.61 Å². The molecule has 98 valence electrons. The fraction of sp³-hybridized carbons (Fsp3) is 0.429. The van der Waals surface area contributed by atoms with Gasteiger partial charge in [-0.2, -0.15) is 0 Å². The van der Waals surface area contributed by atoms with E-state index in [4.69, 9.17) is 4.74 Å². The van der Waals surface area contributed by atoms with Crippen molar-refractivity contribution in [2.24, 2.45) is 0 Å². The topological polar surface area (TPSA) is 55.4 Å². The molecule has 1 N–H and O–H groups in total. The fourth-order valence-electron chi connectivity index (χ4n) is 1.74. The Morgan fingerprint density at radius 2 is 2.00 bits per heavy atom. The zero-order valence-electron chi connectivity index (χ0n) is 11.0. The fourth-order valence-corrected chi connectivity index (χ4v) is 1.74. The van der Waals surface area contributed by atoms with Crippen LogP contribution in [0.3, 0.4) is 0 Å². The van der Waals surface area contributed by atoms with E-state index >= 15 is 0 Å². The molecule has 0 saturated heterocycles. The van der Waals surface area contributed by atoms with Crippen molar-refractivity contribution >= 4 is 11.9 Å². The van der Waals surface area contributed by atoms with E-state index in [0.717, 1.165) is 11.1 Å². The molecule has 18 heavy (non-hydrogen) atoms. The van der Waals surface area contributed by atoms with Crippen LogP contribution in [0.1, 0.15) is 25.0 Å². The summed E-state index contributed by atoms with van der Waals surface area (Å²) in [6.07, 6.45) is 0.449. The summed E-state index contributed by atoms with van der Waals surface area (Å²) in [4.78, 5) is 22.9. The van der Waals surface area contributed by atoms with Gasteiger partial charge in [0.25, 0.3) is 0 Å². The number of ether oxygens (including phenoxy) is 1. The van der Waals surface area contributed by atoms with Crippen molar-refractivity contribution in [1.29, 1.82) is 0 Å². The number of amides is 1. The molecular weight excluding hydrogens is 230 g/mol. The lowest BCUT2D eigenvalue weighted by Crippen LogP contribution is -2.42. The van der Waals surface area contributed by atoms with E-state index in [0.29, 0.717) is 13.0 Å². The van der Waals surface area contributed by atoms with Crippen LogP contribution in [0.5, 0.6) is 0 Å². The van der Waals surface area contributed by atoms with Gasteiger partial charge in [0.15, 0.2) is 0 Å². The number of hydrogen-bond acceptors (Lipinski definition) is 3. The van der Waals surface area contributed by atoms with E-state index in [2.05, 4.69) is 5.32 Å². The highest BCUT2D eigenvalue weighted by molar-refractivity contribution is 5.83. The first kappa shape index (κ1) is 14.2. The van der Waals surface area contributed by atoms with E-state index in [9.17, 15) is 9.59 Å². The molecule has 4 heteroatoms. The van der Waals surface area contributed by atoms with E-state index in [-0.39, 0.29) is 5.91 Å². The molecule has 0 aliphatic heterocycles. The van der Waals surface area contributed by atoms with Crippen LogP contribution >= 0.6 is 0 Å². The molecule has 1 aromatic rings. The van der Waals surface area contributed by atoms with Gasteiger partial charge in [0.1, 0.15) is 6.04 Å². The summed E-state index contributed by atoms with van der Waals surface area (Å²) >= 11 is 0. The molecule has 1 aromatic carbocycles. The minimum Gasteiger partial charge on any atom is -0.464 e. The van der Waals surface area contributed by atoms with Crippen LogP contribution in [0.4, 0.5) is 0 Å². The Balaban J connectivity index is 2.81. The van der Waals surface area contributed by atoms with Gasteiger partial charge in [0.05, 0.1) is 6.61 Å². The number of carbonyl (C=O) groups excluding carboxylic acids is 2. The molecule has 4 nitrogen and oxygen atoms in total. The number of rotatable bonds is 5. The van der Waals surface area contributed by atoms with Crippen LogP contribution in [0.25, 0.3) is 0 Å². The average Bonchev–Trinajstić information content (AvgIpc) is 2.31. The standard InChI is InChI=1S/C14H19NO3/c1-4-18-14(17)13(15-11(3)16)9-12-8-6-5-7-10(12)2/h5-8,13H,4,9H2,1-3H3,(H,15,16). The summed E-state index contributed by atoms with van der Waals surface area (Å²) in [5.74, 6) is -0.627. The Kier molecular flexibility index (Phi) is 5.36. The van der Waals surface area contributed by atoms with Crippen molar-refractivity contribution in [3.05, 3.63) is 35.4 Å². The van der Waals surface area contributed by atoms with Gasteiger partial charge in [0.2, 0.25) is 5.91 Å². The van der Waals surface area contributed by atoms with Gasteiger partial charge in [0, 0.05) is 13.3 Å². The second-order valence-electron chi connectivity index (χ2n) is 4.14. The van der Waals surface area contributed by atoms with Gasteiger partial charge < -0.3 is 10.1 Å². The maximum absolute atomic E-state index is 11.8. The third-order valence-electron chi connectivity index (χ3n) is 2.63. The van der Waals surface area contributed by atoms with Gasteiger partial charge in [-0.25, -0.2) is 4.79 Å². The third-order valence-corrected chi connectivity index (χ3v) is 2.63. The minimum absolute atomic E-state index is 0.235. The van der Waals surface area contributed by atoms with E-state index in [1.165, 1.54) is 6.92 Å². The summed E-state index contributed by atoms with van der Waals surface area (Å²) in [7, 11) is 0. The predicted molar refractivity (Wildman–Crippen MR) is 69.1 cm³/mol. The first-order valence-corrected chi connectivity index (χ1v) is 6.02. The average molecular weight is 249 g/mol. The molecule has 0 spiro atoms. The first-order valence-electron chi connectivity index (χ1n) is 6.02. The molecule has 0 aromatic heterocycles. The van der Waals surface area contributed by atoms with E-state index in [1.54, 1.807) is 6.92 Å². The lowest BCUT2D eigenvalue weighted by molar-refractivity contribution is -0.147. The van der Waals surface area contributed by atoms with Gasteiger partial charge >= 0.3 is 5.97 Å². The normalized spacial score (nSPS) is 11.7. The van der Waals surface area contributed by atoms with Crippen molar-refractivity contribution in [1.82, 2.24) is 5.32 Å². The summed E-state index contributed by atoms with van der Waals surface area (Å²) in [6.45, 7) is 5.43. The summed E-state index contributed by atoms with van der Waals surface area (Å²) < 4.78 is 4.96. The van der Waals surface area contributed by atoms with E-state index < -0.39 is 12.0 Å². The number of aryl methyl sites for hydroxylation is 1. The molecule has 1 unspecified atom stereocenters. The smallest absolute Gasteiger partial charge is 0.328 e. The van der Waals surface area contributed by atoms with Crippen molar-refractivity contribution in [3.63, 3.8) is 0 Å². The lowest BCUT2D eigenvalue weighted by Gasteiger charge is -2.17. The van der Waals surface area contributed by atoms with Gasteiger partial charge in [-0.3, -0.25) is 4.79 Å². The Morgan fingerprint density at radius 1 is 1.33 bits per heavy atom. The number of esters is 1. The highest BCUT2D eigenvalue weighted by Gasteiger charge is 2.21. The Bertz CT molecular complexity index is 429. The van der Waals surface area contributed by atoms with E-state index in [1.807, 2.05) is 31.2 Å². The van der Waals surface area contributed by atoms with Gasteiger partial charge in [-0.05, 0) is 25.0 Å². The largest absolute Gasteiger partial charge is 0.464 e. The third kappa shape index (κ3) is 4.20. The van der Waals surface area contributed by atoms with Crippen LogP contribution in [0, 0.1) is 6.92 Å². The second-order valence-corrected chi connectivity index (χ2v) is 4.14. The first-order chi connectivity index (χ1) is 8.54. The Labute approximate surface area is 107 Å². The number of carbonyl (C=O) groups is 2. The summed E-state index contributed by atoms with van der Waals surface area (Å²) in [6, 6.07) is 7.16. The lowest BCUT2D eigenvalue weighted by atomic mass is 10.0. The molecule has 0 aliphatic carbocycles. The number of hydrogen-bond donors (Lipinski definition) is 1. The number of benzene rings is 1. The molecule has 0 bridgehead atoms. The molecule has 0 aliphatic rings. The maximum Gasteiger partial charge on any atom is 0.328 e. The van der Waals surface area contributed by atoms with Gasteiger partial charge in [-0.1, -0.05) is 24.3 Å². The quantitative estimate of drug-likeness (QED) is 0.806. The highest BCUT2D eigenvalue weighted by Crippen LogP contribution is 2.10. The van der Waals surface area contributed by atoms with Crippen molar-refractivity contribution < 1.29 is 14.3 Å². The molecule has 0 radical (unpaired) electrons. The van der Waals surface area contributed by atoms with Crippen LogP contribution in [0.2, 0.25) is 0 Å². The van der Waals surface area contributed by atoms with Gasteiger partial charge in [-0.15, -0.1) is 0 Å². The Hall–Kier alpha value is -1.84. The SMILES string of the molecule is CCOC(=O)C(Cc1ccccc1C)NC(C)=O. The minimum atomic E-state index is -0.622. The summed E-state index contributed by atoms with van der Waals surface area (Å²) in [5, 5.41) is 2.63. The zero-order chi connectivity index (χ0) is 13.5. The van der Waals surface area contributed by atoms with Crippen LogP contribution < -0.4 is 5.32 Å². The molecule has 0 fully saturated rings. The van der Waals surface area contributed by atoms with Crippen LogP contribution in [-0.4, -0.2) is 24.5 Å². The predicted octanol–water partition coefficient (Wildman–Crippen LogP) is 1.61. The second kappa shape index (κ2) is 6.79. The van der Waals surface area contributed by atoms with Crippen LogP contribution in [0.15, 0.2) is 24.3 Å². The molecule has 0 heterocycles. The van der Waals surface area contributed by atoms with Crippen molar-refractivity contribution in [2.45, 2.75) is 33.2 Å². The summed E-state index contributed by atoms with van der Waals surface area (Å²) in [5.41, 5.74) is 2.13. The molecule has 0 saturated carbocycles. The molecule has 1 amide bonds. The molecule has 1 rings (SSSR count). The molecular formula is C14H19NO3. The maximum atomic E-state index is 11.8. The zero-order valence-corrected chi connectivity index (χ0v) is 11.0. The Morgan fingerprint density at radius 3 is 2.56 bits per heavy atom.